The predicted octanol–water partition coefficient (Wildman–Crippen LogP) is 3.86. The van der Waals surface area contributed by atoms with Crippen LogP contribution in [0.5, 0.6) is 0 Å². The molecule has 0 unspecified atom stereocenters. The quantitative estimate of drug-likeness (QED) is 0.927. The molecule has 0 bridgehead atoms. The molecule has 1 aromatic heterocycles. The van der Waals surface area contributed by atoms with Crippen molar-refractivity contribution < 1.29 is 0 Å². The van der Waals surface area contributed by atoms with E-state index in [2.05, 4.69) is 37.3 Å². The van der Waals surface area contributed by atoms with Crippen LogP contribution in [0.2, 0.25) is 5.02 Å². The molecule has 1 aromatic carbocycles. The SMILES string of the molecule is Cc1nn(C)c(C)c1-c1cc(Cl)ccc1CNC(C)C. The Morgan fingerprint density at radius 2 is 2.00 bits per heavy atom. The summed E-state index contributed by atoms with van der Waals surface area (Å²) in [6, 6.07) is 6.53. The van der Waals surface area contributed by atoms with E-state index < -0.39 is 0 Å². The lowest BCUT2D eigenvalue weighted by molar-refractivity contribution is 0.589. The molecule has 0 aliphatic rings. The van der Waals surface area contributed by atoms with E-state index in [1.807, 2.05) is 30.8 Å². The standard InChI is InChI=1S/C16H22ClN3/c1-10(2)18-9-13-6-7-14(17)8-15(13)16-11(3)19-20(5)12(16)4/h6-8,10,18H,9H2,1-5H3. The molecule has 1 N–H and O–H groups in total. The second-order valence-corrected chi connectivity index (χ2v) is 5.94. The van der Waals surface area contributed by atoms with E-state index in [-0.39, 0.29) is 0 Å². The van der Waals surface area contributed by atoms with Gasteiger partial charge in [0.25, 0.3) is 0 Å². The fraction of sp³-hybridized carbons (Fsp3) is 0.438. The minimum atomic E-state index is 0.453. The molecule has 0 saturated heterocycles. The number of halogens is 1. The summed E-state index contributed by atoms with van der Waals surface area (Å²) in [7, 11) is 1.97. The molecule has 0 aliphatic carbocycles. The highest BCUT2D eigenvalue weighted by molar-refractivity contribution is 6.30. The van der Waals surface area contributed by atoms with E-state index in [0.29, 0.717) is 6.04 Å². The molecule has 0 aliphatic heterocycles. The van der Waals surface area contributed by atoms with Gasteiger partial charge in [-0.05, 0) is 37.1 Å². The maximum absolute atomic E-state index is 6.19. The third-order valence-corrected chi connectivity index (χ3v) is 3.79. The zero-order chi connectivity index (χ0) is 14.9. The third-order valence-electron chi connectivity index (χ3n) is 3.55. The van der Waals surface area contributed by atoms with E-state index >= 15 is 0 Å². The molecule has 108 valence electrons. The first-order valence-electron chi connectivity index (χ1n) is 6.92. The molecule has 0 radical (unpaired) electrons. The first-order valence-corrected chi connectivity index (χ1v) is 7.30. The van der Waals surface area contributed by atoms with Gasteiger partial charge >= 0.3 is 0 Å². The van der Waals surface area contributed by atoms with Gasteiger partial charge in [0.2, 0.25) is 0 Å². The van der Waals surface area contributed by atoms with Gasteiger partial charge < -0.3 is 5.32 Å². The number of nitrogens with one attached hydrogen (secondary N) is 1. The van der Waals surface area contributed by atoms with E-state index in [1.165, 1.54) is 16.7 Å². The molecule has 2 rings (SSSR count). The van der Waals surface area contributed by atoms with Crippen LogP contribution < -0.4 is 5.32 Å². The zero-order valence-electron chi connectivity index (χ0n) is 12.8. The minimum Gasteiger partial charge on any atom is -0.310 e. The van der Waals surface area contributed by atoms with E-state index in [9.17, 15) is 0 Å². The van der Waals surface area contributed by atoms with Gasteiger partial charge in [0, 0.05) is 35.9 Å². The Labute approximate surface area is 126 Å². The maximum atomic E-state index is 6.19. The van der Waals surface area contributed by atoms with Crippen molar-refractivity contribution >= 4 is 11.6 Å². The van der Waals surface area contributed by atoms with Crippen LogP contribution in [-0.2, 0) is 13.6 Å². The molecule has 3 nitrogen and oxygen atoms in total. The van der Waals surface area contributed by atoms with Crippen LogP contribution in [-0.4, -0.2) is 15.8 Å². The third kappa shape index (κ3) is 3.05. The second kappa shape index (κ2) is 5.98. The lowest BCUT2D eigenvalue weighted by atomic mass is 9.98. The number of aryl methyl sites for hydroxylation is 2. The Morgan fingerprint density at radius 1 is 1.30 bits per heavy atom. The van der Waals surface area contributed by atoms with Crippen LogP contribution in [0.25, 0.3) is 11.1 Å². The minimum absolute atomic E-state index is 0.453. The van der Waals surface area contributed by atoms with E-state index in [0.717, 1.165) is 23.0 Å². The number of rotatable bonds is 4. The number of nitrogens with zero attached hydrogens (tertiary/aromatic N) is 2. The summed E-state index contributed by atoms with van der Waals surface area (Å²) in [6.45, 7) is 9.27. The second-order valence-electron chi connectivity index (χ2n) is 5.51. The van der Waals surface area contributed by atoms with Gasteiger partial charge in [0.1, 0.15) is 0 Å². The summed E-state index contributed by atoms with van der Waals surface area (Å²) >= 11 is 6.19. The fourth-order valence-electron chi connectivity index (χ4n) is 2.41. The van der Waals surface area contributed by atoms with Crippen LogP contribution in [0.3, 0.4) is 0 Å². The predicted molar refractivity (Wildman–Crippen MR) is 85.1 cm³/mol. The van der Waals surface area contributed by atoms with Crippen LogP contribution in [0.1, 0.15) is 30.8 Å². The van der Waals surface area contributed by atoms with Crippen molar-refractivity contribution in [2.24, 2.45) is 7.05 Å². The first-order chi connectivity index (χ1) is 9.40. The monoisotopic (exact) mass is 291 g/mol. The highest BCUT2D eigenvalue weighted by atomic mass is 35.5. The Morgan fingerprint density at radius 3 is 2.55 bits per heavy atom. The molecule has 0 amide bonds. The first kappa shape index (κ1) is 15.1. The van der Waals surface area contributed by atoms with Gasteiger partial charge in [0.15, 0.2) is 0 Å². The van der Waals surface area contributed by atoms with Crippen molar-refractivity contribution in [1.29, 1.82) is 0 Å². The molecule has 4 heteroatoms. The molecule has 0 fully saturated rings. The Balaban J connectivity index is 2.51. The summed E-state index contributed by atoms with van der Waals surface area (Å²) in [4.78, 5) is 0. The molecule has 0 spiro atoms. The van der Waals surface area contributed by atoms with Gasteiger partial charge in [0.05, 0.1) is 5.69 Å². The van der Waals surface area contributed by atoms with Crippen molar-refractivity contribution in [3.63, 3.8) is 0 Å². The van der Waals surface area contributed by atoms with Crippen LogP contribution in [0, 0.1) is 13.8 Å². The molecular formula is C16H22ClN3. The summed E-state index contributed by atoms with van der Waals surface area (Å²) in [6.07, 6.45) is 0. The van der Waals surface area contributed by atoms with Crippen LogP contribution in [0.15, 0.2) is 18.2 Å². The molecule has 0 atom stereocenters. The smallest absolute Gasteiger partial charge is 0.0674 e. The molecule has 20 heavy (non-hydrogen) atoms. The summed E-state index contributed by atoms with van der Waals surface area (Å²) in [5.74, 6) is 0. The lowest BCUT2D eigenvalue weighted by Gasteiger charge is -2.14. The number of aromatic nitrogens is 2. The number of hydrogen-bond acceptors (Lipinski definition) is 2. The van der Waals surface area contributed by atoms with E-state index in [1.54, 1.807) is 0 Å². The van der Waals surface area contributed by atoms with Crippen LogP contribution in [0.4, 0.5) is 0 Å². The lowest BCUT2D eigenvalue weighted by Crippen LogP contribution is -2.22. The van der Waals surface area contributed by atoms with Gasteiger partial charge in [-0.1, -0.05) is 31.5 Å². The van der Waals surface area contributed by atoms with Gasteiger partial charge in [-0.25, -0.2) is 0 Å². The normalized spacial score (nSPS) is 11.3. The highest BCUT2D eigenvalue weighted by Crippen LogP contribution is 2.31. The maximum Gasteiger partial charge on any atom is 0.0674 e. The average molecular weight is 292 g/mol. The Kier molecular flexibility index (Phi) is 4.51. The van der Waals surface area contributed by atoms with E-state index in [4.69, 9.17) is 11.6 Å². The topological polar surface area (TPSA) is 29.9 Å². The summed E-state index contributed by atoms with van der Waals surface area (Å²) < 4.78 is 1.92. The number of hydrogen-bond donors (Lipinski definition) is 1. The Bertz CT molecular complexity index is 614. The Hall–Kier alpha value is -1.32. The fourth-order valence-corrected chi connectivity index (χ4v) is 2.59. The number of benzene rings is 1. The van der Waals surface area contributed by atoms with Gasteiger partial charge in [-0.15, -0.1) is 0 Å². The van der Waals surface area contributed by atoms with Gasteiger partial charge in [-0.3, -0.25) is 4.68 Å². The summed E-state index contributed by atoms with van der Waals surface area (Å²) in [5.41, 5.74) is 5.82. The molecule has 1 heterocycles. The van der Waals surface area contributed by atoms with Gasteiger partial charge in [-0.2, -0.15) is 5.10 Å². The van der Waals surface area contributed by atoms with Crippen molar-refractivity contribution in [2.75, 3.05) is 0 Å². The average Bonchev–Trinajstić information content (AvgIpc) is 2.61. The van der Waals surface area contributed by atoms with Crippen molar-refractivity contribution in [3.05, 3.63) is 40.2 Å². The van der Waals surface area contributed by atoms with Crippen molar-refractivity contribution in [2.45, 2.75) is 40.3 Å². The molecule has 0 saturated carbocycles. The molecular weight excluding hydrogens is 270 g/mol. The van der Waals surface area contributed by atoms with Crippen LogP contribution >= 0.6 is 11.6 Å². The van der Waals surface area contributed by atoms with Crippen molar-refractivity contribution in [3.8, 4) is 11.1 Å². The zero-order valence-corrected chi connectivity index (χ0v) is 13.5. The largest absolute Gasteiger partial charge is 0.310 e. The molecule has 2 aromatic rings. The summed E-state index contributed by atoms with van der Waals surface area (Å²) in [5, 5.41) is 8.73. The van der Waals surface area contributed by atoms with Crippen molar-refractivity contribution in [1.82, 2.24) is 15.1 Å². The highest BCUT2D eigenvalue weighted by Gasteiger charge is 2.15.